The largest absolute Gasteiger partial charge is 0.395 e. The lowest BCUT2D eigenvalue weighted by Gasteiger charge is -2.41. The van der Waals surface area contributed by atoms with Crippen LogP contribution in [0.2, 0.25) is 0 Å². The third kappa shape index (κ3) is 4.74. The fourth-order valence-corrected chi connectivity index (χ4v) is 4.92. The van der Waals surface area contributed by atoms with E-state index in [9.17, 15) is 8.78 Å². The van der Waals surface area contributed by atoms with Crippen LogP contribution in [-0.2, 0) is 4.74 Å². The minimum Gasteiger partial charge on any atom is -0.395 e. The topological polar surface area (TPSA) is 89.2 Å². The van der Waals surface area contributed by atoms with Crippen LogP contribution in [0, 0.1) is 5.95 Å². The van der Waals surface area contributed by atoms with Crippen molar-refractivity contribution in [1.29, 1.82) is 0 Å². The van der Waals surface area contributed by atoms with Crippen molar-refractivity contribution in [3.05, 3.63) is 42.7 Å². The van der Waals surface area contributed by atoms with Gasteiger partial charge in [0.2, 0.25) is 5.95 Å². The number of morpholine rings is 1. The molecule has 1 aliphatic heterocycles. The summed E-state index contributed by atoms with van der Waals surface area (Å²) in [5, 5.41) is 4.51. The molecule has 1 saturated heterocycles. The molecule has 1 atom stereocenters. The molecule has 0 spiro atoms. The number of benzene rings is 1. The van der Waals surface area contributed by atoms with Crippen molar-refractivity contribution < 1.29 is 13.5 Å². The summed E-state index contributed by atoms with van der Waals surface area (Å²) in [6, 6.07) is 8.21. The van der Waals surface area contributed by atoms with Crippen molar-refractivity contribution in [3.8, 4) is 11.1 Å². The first-order valence-electron chi connectivity index (χ1n) is 11.4. The van der Waals surface area contributed by atoms with E-state index in [1.165, 1.54) is 6.20 Å². The smallest absolute Gasteiger partial charge is 0.236 e. The maximum atomic E-state index is 13.5. The number of alkyl halides is 1. The molecule has 33 heavy (non-hydrogen) atoms. The average molecular weight is 455 g/mol. The van der Waals surface area contributed by atoms with Gasteiger partial charge < -0.3 is 15.8 Å². The number of rotatable bonds is 5. The van der Waals surface area contributed by atoms with E-state index >= 15 is 0 Å². The standard InChI is InChI=1S/C24H28F2N6O/c25-11-19-13-32(7-8-33-19)18-4-2-17(3-5-18)31-24-20-9-15(1-6-22(20)29-14-30-24)16-10-21(27)23(26)28-12-16/h1,6,9-10,12,14,17-19H,2-5,7-8,11,13,27H2,(H,29,30,31)/t17?,18?,19-/m0/s1. The van der Waals surface area contributed by atoms with E-state index in [2.05, 4.69) is 25.2 Å². The Morgan fingerprint density at radius 2 is 1.94 bits per heavy atom. The molecule has 7 nitrogen and oxygen atoms in total. The van der Waals surface area contributed by atoms with Crippen molar-refractivity contribution in [3.63, 3.8) is 0 Å². The summed E-state index contributed by atoms with van der Waals surface area (Å²) >= 11 is 0. The average Bonchev–Trinajstić information content (AvgIpc) is 2.86. The van der Waals surface area contributed by atoms with E-state index in [0.717, 1.165) is 60.1 Å². The molecule has 3 N–H and O–H groups in total. The SMILES string of the molecule is Nc1cc(-c2ccc3ncnc(NC4CCC(N5CCO[C@@H](CF)C5)CC4)c3c2)cnc1F. The molecule has 2 aliphatic rings. The van der Waals surface area contributed by atoms with Gasteiger partial charge in [0, 0.05) is 42.3 Å². The van der Waals surface area contributed by atoms with E-state index in [0.29, 0.717) is 25.2 Å². The highest BCUT2D eigenvalue weighted by Crippen LogP contribution is 2.31. The second kappa shape index (κ2) is 9.52. The predicted octanol–water partition coefficient (Wildman–Crippen LogP) is 3.81. The molecule has 0 radical (unpaired) electrons. The molecule has 3 aromatic rings. The molecule has 0 unspecified atom stereocenters. The molecule has 1 aliphatic carbocycles. The van der Waals surface area contributed by atoms with Crippen molar-refractivity contribution in [2.75, 3.05) is 37.4 Å². The summed E-state index contributed by atoms with van der Waals surface area (Å²) in [5.74, 6) is 0.121. The summed E-state index contributed by atoms with van der Waals surface area (Å²) in [4.78, 5) is 15.0. The van der Waals surface area contributed by atoms with Gasteiger partial charge in [0.15, 0.2) is 0 Å². The summed E-state index contributed by atoms with van der Waals surface area (Å²) in [7, 11) is 0. The normalized spacial score (nSPS) is 24.1. The Morgan fingerprint density at radius 1 is 1.09 bits per heavy atom. The summed E-state index contributed by atoms with van der Waals surface area (Å²) in [6.07, 6.45) is 6.92. The van der Waals surface area contributed by atoms with Gasteiger partial charge in [0.05, 0.1) is 23.9 Å². The summed E-state index contributed by atoms with van der Waals surface area (Å²) < 4.78 is 32.0. The van der Waals surface area contributed by atoms with E-state index in [-0.39, 0.29) is 11.8 Å². The summed E-state index contributed by atoms with van der Waals surface area (Å²) in [6.45, 7) is 1.75. The second-order valence-corrected chi connectivity index (χ2v) is 8.85. The molecular formula is C24H28F2N6O. The van der Waals surface area contributed by atoms with Gasteiger partial charge in [-0.15, -0.1) is 0 Å². The predicted molar refractivity (Wildman–Crippen MR) is 124 cm³/mol. The van der Waals surface area contributed by atoms with Gasteiger partial charge in [-0.3, -0.25) is 4.90 Å². The molecule has 174 valence electrons. The highest BCUT2D eigenvalue weighted by molar-refractivity contribution is 5.92. The van der Waals surface area contributed by atoms with Crippen LogP contribution in [-0.4, -0.2) is 64.4 Å². The molecule has 9 heteroatoms. The number of halogens is 2. The van der Waals surface area contributed by atoms with Gasteiger partial charge in [0.1, 0.15) is 18.8 Å². The molecule has 0 bridgehead atoms. The zero-order valence-corrected chi connectivity index (χ0v) is 18.4. The van der Waals surface area contributed by atoms with Gasteiger partial charge in [-0.05, 0) is 49.4 Å². The molecule has 1 saturated carbocycles. The van der Waals surface area contributed by atoms with Gasteiger partial charge in [-0.2, -0.15) is 4.39 Å². The Kier molecular flexibility index (Phi) is 6.32. The zero-order valence-electron chi connectivity index (χ0n) is 18.4. The number of nitrogens with zero attached hydrogens (tertiary/aromatic N) is 4. The number of pyridine rings is 1. The van der Waals surface area contributed by atoms with E-state index in [1.54, 1.807) is 12.4 Å². The molecule has 3 heterocycles. The number of fused-ring (bicyclic) bond motifs is 1. The monoisotopic (exact) mass is 454 g/mol. The third-order valence-electron chi connectivity index (χ3n) is 6.73. The van der Waals surface area contributed by atoms with E-state index in [1.807, 2.05) is 18.2 Å². The number of nitrogens with one attached hydrogen (secondary N) is 1. The van der Waals surface area contributed by atoms with Gasteiger partial charge in [-0.1, -0.05) is 6.07 Å². The fraction of sp³-hybridized carbons (Fsp3) is 0.458. The fourth-order valence-electron chi connectivity index (χ4n) is 4.92. The molecular weight excluding hydrogens is 426 g/mol. The maximum Gasteiger partial charge on any atom is 0.236 e. The minimum absolute atomic E-state index is 0.0186. The first-order valence-corrected chi connectivity index (χ1v) is 11.4. The van der Waals surface area contributed by atoms with Crippen LogP contribution in [0.1, 0.15) is 25.7 Å². The second-order valence-electron chi connectivity index (χ2n) is 8.85. The van der Waals surface area contributed by atoms with Gasteiger partial charge in [0.25, 0.3) is 0 Å². The van der Waals surface area contributed by atoms with Crippen LogP contribution in [0.15, 0.2) is 36.8 Å². The maximum absolute atomic E-state index is 13.5. The number of ether oxygens (including phenoxy) is 1. The lowest BCUT2D eigenvalue weighted by Crippen LogP contribution is -2.50. The first kappa shape index (κ1) is 21.9. The highest BCUT2D eigenvalue weighted by Gasteiger charge is 2.30. The van der Waals surface area contributed by atoms with Crippen molar-refractivity contribution in [2.45, 2.75) is 43.9 Å². The minimum atomic E-state index is -0.668. The van der Waals surface area contributed by atoms with E-state index < -0.39 is 12.6 Å². The molecule has 1 aromatic carbocycles. The van der Waals surface area contributed by atoms with Crippen LogP contribution < -0.4 is 11.1 Å². The van der Waals surface area contributed by atoms with Gasteiger partial charge in [-0.25, -0.2) is 19.3 Å². The molecule has 0 amide bonds. The number of hydrogen-bond donors (Lipinski definition) is 2. The Bertz CT molecular complexity index is 1120. The molecule has 2 fully saturated rings. The lowest BCUT2D eigenvalue weighted by molar-refractivity contribution is -0.0568. The number of hydrogen-bond acceptors (Lipinski definition) is 7. The summed E-state index contributed by atoms with van der Waals surface area (Å²) in [5.41, 5.74) is 8.16. The highest BCUT2D eigenvalue weighted by atomic mass is 19.1. The Morgan fingerprint density at radius 3 is 2.73 bits per heavy atom. The zero-order chi connectivity index (χ0) is 22.8. The van der Waals surface area contributed by atoms with Gasteiger partial charge >= 0.3 is 0 Å². The van der Waals surface area contributed by atoms with Crippen molar-refractivity contribution in [1.82, 2.24) is 19.9 Å². The Balaban J connectivity index is 1.29. The number of nitrogens with two attached hydrogens (primary N) is 1. The van der Waals surface area contributed by atoms with Crippen LogP contribution >= 0.6 is 0 Å². The van der Waals surface area contributed by atoms with Crippen LogP contribution in [0.5, 0.6) is 0 Å². The van der Waals surface area contributed by atoms with Crippen molar-refractivity contribution >= 4 is 22.4 Å². The Labute approximate surface area is 191 Å². The first-order chi connectivity index (χ1) is 16.1. The molecule has 5 rings (SSSR count). The quantitative estimate of drug-likeness (QED) is 0.567. The number of nitrogen functional groups attached to an aromatic ring is 1. The third-order valence-corrected chi connectivity index (χ3v) is 6.73. The number of anilines is 2. The van der Waals surface area contributed by atoms with Crippen LogP contribution in [0.4, 0.5) is 20.3 Å². The van der Waals surface area contributed by atoms with Crippen molar-refractivity contribution in [2.24, 2.45) is 0 Å². The van der Waals surface area contributed by atoms with E-state index in [4.69, 9.17) is 10.5 Å². The lowest BCUT2D eigenvalue weighted by atomic mass is 9.89. The van der Waals surface area contributed by atoms with Crippen LogP contribution in [0.25, 0.3) is 22.0 Å². The Hall–Kier alpha value is -2.91. The van der Waals surface area contributed by atoms with Crippen LogP contribution in [0.3, 0.4) is 0 Å². The number of aromatic nitrogens is 3. The molecule has 2 aromatic heterocycles.